The zero-order chi connectivity index (χ0) is 37.1. The van der Waals surface area contributed by atoms with Crippen molar-refractivity contribution in [1.29, 1.82) is 0 Å². The van der Waals surface area contributed by atoms with Gasteiger partial charge in [-0.3, -0.25) is 0 Å². The van der Waals surface area contributed by atoms with Gasteiger partial charge in [0.25, 0.3) is 0 Å². The number of hydrogen-bond donors (Lipinski definition) is 8. The third-order valence-corrected chi connectivity index (χ3v) is 15.5. The van der Waals surface area contributed by atoms with Gasteiger partial charge in [0.1, 0.15) is 48.3 Å². The lowest BCUT2D eigenvalue weighted by molar-refractivity contribution is -0.358. The van der Waals surface area contributed by atoms with Crippen molar-refractivity contribution in [3.05, 3.63) is 11.6 Å². The van der Waals surface area contributed by atoms with Crippen molar-refractivity contribution in [3.63, 3.8) is 0 Å². The molecule has 296 valence electrons. The van der Waals surface area contributed by atoms with Crippen LogP contribution in [0.5, 0.6) is 0 Å². The maximum Gasteiger partial charge on any atom is 0.187 e. The van der Waals surface area contributed by atoms with E-state index in [-0.39, 0.29) is 48.2 Å². The quantitative estimate of drug-likeness (QED) is 0.175. The molecule has 0 amide bonds. The minimum absolute atomic E-state index is 0.142. The van der Waals surface area contributed by atoms with E-state index in [0.717, 1.165) is 44.1 Å². The van der Waals surface area contributed by atoms with Crippen molar-refractivity contribution < 1.29 is 69.3 Å². The molecule has 4 heterocycles. The lowest BCUT2D eigenvalue weighted by Crippen LogP contribution is -2.65. The molecule has 8 rings (SSSR count). The van der Waals surface area contributed by atoms with Gasteiger partial charge in [-0.05, 0) is 62.2 Å². The molecule has 8 aliphatic rings. The summed E-state index contributed by atoms with van der Waals surface area (Å²) in [7, 11) is 0. The van der Waals surface area contributed by atoms with Crippen LogP contribution < -0.4 is 0 Å². The largest absolute Gasteiger partial charge is 0.394 e. The van der Waals surface area contributed by atoms with E-state index in [2.05, 4.69) is 33.8 Å². The molecule has 4 saturated heterocycles. The van der Waals surface area contributed by atoms with Crippen LogP contribution in [0.2, 0.25) is 0 Å². The fourth-order valence-corrected chi connectivity index (χ4v) is 12.4. The maximum absolute atomic E-state index is 12.8. The molecule has 3 saturated carbocycles. The van der Waals surface area contributed by atoms with Gasteiger partial charge in [0.2, 0.25) is 0 Å². The molecular weight excluding hydrogens is 680 g/mol. The molecule has 1 spiro atoms. The third-order valence-electron chi connectivity index (χ3n) is 15.5. The average molecular weight is 741 g/mol. The van der Waals surface area contributed by atoms with Crippen molar-refractivity contribution >= 4 is 0 Å². The van der Waals surface area contributed by atoms with Gasteiger partial charge in [-0.2, -0.15) is 0 Å². The van der Waals surface area contributed by atoms with Gasteiger partial charge in [-0.1, -0.05) is 39.3 Å². The first-order chi connectivity index (χ1) is 24.6. The first kappa shape index (κ1) is 38.1. The van der Waals surface area contributed by atoms with Crippen molar-refractivity contribution in [2.24, 2.45) is 40.4 Å². The van der Waals surface area contributed by atoms with Crippen LogP contribution in [0.4, 0.5) is 0 Å². The number of aliphatic hydroxyl groups excluding tert-OH is 7. The summed E-state index contributed by atoms with van der Waals surface area (Å²) < 4.78 is 37.0. The summed E-state index contributed by atoms with van der Waals surface area (Å²) in [5, 5.41) is 87.1. The monoisotopic (exact) mass is 740 g/mol. The summed E-state index contributed by atoms with van der Waals surface area (Å²) in [6.07, 6.45) is -6.84. The Morgan fingerprint density at radius 2 is 1.62 bits per heavy atom. The predicted octanol–water partition coefficient (Wildman–Crippen LogP) is 0.0871. The third kappa shape index (κ3) is 5.42. The average Bonchev–Trinajstić information content (AvgIpc) is 3.47. The Labute approximate surface area is 305 Å². The van der Waals surface area contributed by atoms with Crippen LogP contribution in [-0.2, 0) is 28.4 Å². The molecular formula is C38H60O14. The van der Waals surface area contributed by atoms with Crippen LogP contribution in [0, 0.1) is 40.4 Å². The molecule has 21 atom stereocenters. The summed E-state index contributed by atoms with van der Waals surface area (Å²) >= 11 is 0. The fraction of sp³-hybridized carbons (Fsp3) is 0.947. The van der Waals surface area contributed by atoms with Gasteiger partial charge in [0, 0.05) is 29.6 Å². The zero-order valence-electron chi connectivity index (χ0n) is 30.7. The molecule has 14 nitrogen and oxygen atoms in total. The minimum Gasteiger partial charge on any atom is -0.394 e. The summed E-state index contributed by atoms with van der Waals surface area (Å²) in [6, 6.07) is 0. The van der Waals surface area contributed by atoms with E-state index in [0.29, 0.717) is 18.9 Å². The van der Waals surface area contributed by atoms with E-state index in [4.69, 9.17) is 28.4 Å². The summed E-state index contributed by atoms with van der Waals surface area (Å²) in [5.41, 5.74) is -0.869. The van der Waals surface area contributed by atoms with Crippen LogP contribution in [0.25, 0.3) is 0 Å². The van der Waals surface area contributed by atoms with E-state index in [1.165, 1.54) is 0 Å². The molecule has 4 aliphatic heterocycles. The van der Waals surface area contributed by atoms with Gasteiger partial charge >= 0.3 is 0 Å². The van der Waals surface area contributed by atoms with Crippen molar-refractivity contribution in [3.8, 4) is 0 Å². The SMILES string of the molecule is CC1CCC2(OC1)OC1CC3C4CC=C5CC(O)CC(OC6OC(CO)C(OC7OCC(O)C(O)C7O)C(O)C6O)C5(C)C4CCC3(C)C1(O)C2C. The van der Waals surface area contributed by atoms with Gasteiger partial charge in [0.15, 0.2) is 18.4 Å². The lowest BCUT2D eigenvalue weighted by atomic mass is 9.45. The highest BCUT2D eigenvalue weighted by molar-refractivity contribution is 5.30. The fourth-order valence-electron chi connectivity index (χ4n) is 12.4. The van der Waals surface area contributed by atoms with E-state index >= 15 is 0 Å². The smallest absolute Gasteiger partial charge is 0.187 e. The van der Waals surface area contributed by atoms with Gasteiger partial charge in [-0.15, -0.1) is 0 Å². The van der Waals surface area contributed by atoms with E-state index in [9.17, 15) is 40.9 Å². The maximum atomic E-state index is 12.8. The molecule has 21 unspecified atom stereocenters. The molecule has 0 aromatic heterocycles. The van der Waals surface area contributed by atoms with Crippen LogP contribution in [-0.4, -0.2) is 146 Å². The Morgan fingerprint density at radius 3 is 2.33 bits per heavy atom. The molecule has 0 aromatic carbocycles. The van der Waals surface area contributed by atoms with Gasteiger partial charge in [-0.25, -0.2) is 0 Å². The second-order valence-electron chi connectivity index (χ2n) is 18.0. The molecule has 52 heavy (non-hydrogen) atoms. The van der Waals surface area contributed by atoms with Crippen molar-refractivity contribution in [1.82, 2.24) is 0 Å². The number of fused-ring (bicyclic) bond motifs is 7. The van der Waals surface area contributed by atoms with Crippen LogP contribution >= 0.6 is 0 Å². The lowest BCUT2D eigenvalue weighted by Gasteiger charge is -2.61. The highest BCUT2D eigenvalue weighted by Crippen LogP contribution is 2.72. The molecule has 14 heteroatoms. The standard InChI is InChI=1S/C38H60O14/c1-17-7-10-37(48-15-17)18(2)38(46)27(52-37)13-23-21-6-5-19-11-20(40)12-26(36(19,4)22(21)8-9-35(23,38)3)50-34-31(45)29(43)32(25(14-39)49-34)51-33-30(44)28(42)24(41)16-47-33/h5,17-18,20-34,39-46H,6-16H2,1-4H3. The second-order valence-corrected chi connectivity index (χ2v) is 18.0. The van der Waals surface area contributed by atoms with Gasteiger partial charge < -0.3 is 69.3 Å². The number of rotatable bonds is 5. The zero-order valence-corrected chi connectivity index (χ0v) is 30.7. The Kier molecular flexibility index (Phi) is 9.81. The minimum atomic E-state index is -1.65. The molecule has 0 radical (unpaired) electrons. The Hall–Kier alpha value is -0.820. The summed E-state index contributed by atoms with van der Waals surface area (Å²) in [4.78, 5) is 0. The molecule has 0 aromatic rings. The molecule has 8 N–H and O–H groups in total. The first-order valence-electron chi connectivity index (χ1n) is 19.6. The van der Waals surface area contributed by atoms with E-state index in [1.54, 1.807) is 0 Å². The number of allylic oxidation sites excluding steroid dienone is 1. The van der Waals surface area contributed by atoms with Gasteiger partial charge in [0.05, 0.1) is 38.1 Å². The summed E-state index contributed by atoms with van der Waals surface area (Å²) in [5.74, 6) is 0.0661. The van der Waals surface area contributed by atoms with E-state index < -0.39 is 90.9 Å². The molecule has 0 bridgehead atoms. The Morgan fingerprint density at radius 1 is 0.865 bits per heavy atom. The molecule has 4 aliphatic carbocycles. The van der Waals surface area contributed by atoms with E-state index in [1.807, 2.05) is 0 Å². The Balaban J connectivity index is 1.02. The van der Waals surface area contributed by atoms with Crippen LogP contribution in [0.3, 0.4) is 0 Å². The number of ether oxygens (including phenoxy) is 6. The van der Waals surface area contributed by atoms with Crippen molar-refractivity contribution in [2.75, 3.05) is 19.8 Å². The first-order valence-corrected chi connectivity index (χ1v) is 19.6. The van der Waals surface area contributed by atoms with Crippen LogP contribution in [0.1, 0.15) is 79.1 Å². The van der Waals surface area contributed by atoms with Crippen LogP contribution in [0.15, 0.2) is 11.6 Å². The highest BCUT2D eigenvalue weighted by atomic mass is 16.7. The topological polar surface area (TPSA) is 217 Å². The highest BCUT2D eigenvalue weighted by Gasteiger charge is 2.76. The molecule has 7 fully saturated rings. The second kappa shape index (κ2) is 13.4. The number of hydrogen-bond acceptors (Lipinski definition) is 14. The van der Waals surface area contributed by atoms with Crippen molar-refractivity contribution in [2.45, 2.75) is 164 Å². The predicted molar refractivity (Wildman–Crippen MR) is 180 cm³/mol. The Bertz CT molecular complexity index is 1350. The normalized spacial score (nSPS) is 58.9. The number of aliphatic hydroxyl groups is 8. The summed E-state index contributed by atoms with van der Waals surface area (Å²) in [6.45, 7) is 8.40.